The molecule has 1 aromatic carbocycles. The van der Waals surface area contributed by atoms with Gasteiger partial charge in [0.25, 0.3) is 6.43 Å². The molecule has 5 rings (SSSR count). The highest BCUT2D eigenvalue weighted by Gasteiger charge is 2.39. The van der Waals surface area contributed by atoms with Crippen LogP contribution >= 0.6 is 0 Å². The molecule has 0 saturated carbocycles. The minimum absolute atomic E-state index is 0.0190. The van der Waals surface area contributed by atoms with E-state index in [0.717, 1.165) is 6.92 Å². The zero-order valence-electron chi connectivity index (χ0n) is 23.3. The highest BCUT2D eigenvalue weighted by molar-refractivity contribution is 5.96. The first kappa shape index (κ1) is 30.8. The number of hydrogen-bond acceptors (Lipinski definition) is 9. The van der Waals surface area contributed by atoms with Crippen LogP contribution in [0, 0.1) is 24.5 Å². The molecule has 1 saturated heterocycles. The molecule has 0 radical (unpaired) electrons. The lowest BCUT2D eigenvalue weighted by Crippen LogP contribution is -2.50. The van der Waals surface area contributed by atoms with E-state index < -0.39 is 63.9 Å². The third kappa shape index (κ3) is 6.49. The molecule has 234 valence electrons. The second-order valence-electron chi connectivity index (χ2n) is 10.7. The van der Waals surface area contributed by atoms with Crippen LogP contribution in [0.5, 0.6) is 11.9 Å². The van der Waals surface area contributed by atoms with Gasteiger partial charge >= 0.3 is 12.2 Å². The molecule has 0 spiro atoms. The molecule has 1 fully saturated rings. The number of aromatic nitrogens is 3. The summed E-state index contributed by atoms with van der Waals surface area (Å²) in [5, 5.41) is 6.24. The topological polar surface area (TPSA) is 110 Å². The maximum absolute atomic E-state index is 16.3. The second-order valence-corrected chi connectivity index (χ2v) is 10.7. The summed E-state index contributed by atoms with van der Waals surface area (Å²) >= 11 is 0. The molecule has 43 heavy (non-hydrogen) atoms. The van der Waals surface area contributed by atoms with Crippen molar-refractivity contribution in [3.05, 3.63) is 28.8 Å². The summed E-state index contributed by atoms with van der Waals surface area (Å²) in [4.78, 5) is 14.3. The fourth-order valence-electron chi connectivity index (χ4n) is 5.22. The highest BCUT2D eigenvalue weighted by atomic mass is 19.4. The van der Waals surface area contributed by atoms with Gasteiger partial charge in [-0.15, -0.1) is 0 Å². The van der Waals surface area contributed by atoms with E-state index in [4.69, 9.17) is 15.2 Å². The van der Waals surface area contributed by atoms with Gasteiger partial charge in [0.05, 0.1) is 30.5 Å². The van der Waals surface area contributed by atoms with E-state index in [1.165, 1.54) is 0 Å². The van der Waals surface area contributed by atoms with Crippen LogP contribution in [-0.4, -0.2) is 78.3 Å². The Morgan fingerprint density at radius 3 is 2.56 bits per heavy atom. The Morgan fingerprint density at radius 2 is 1.86 bits per heavy atom. The van der Waals surface area contributed by atoms with Crippen molar-refractivity contribution in [2.45, 2.75) is 39.0 Å². The minimum atomic E-state index is -5.08. The Bertz CT molecular complexity index is 1500. The van der Waals surface area contributed by atoms with Crippen molar-refractivity contribution in [2.75, 3.05) is 56.9 Å². The van der Waals surface area contributed by atoms with Crippen molar-refractivity contribution in [2.24, 2.45) is 5.92 Å². The molecule has 0 bridgehead atoms. The van der Waals surface area contributed by atoms with Gasteiger partial charge in [-0.05, 0) is 38.4 Å². The first-order chi connectivity index (χ1) is 20.3. The van der Waals surface area contributed by atoms with Gasteiger partial charge in [-0.1, -0.05) is 0 Å². The number of ether oxygens (including phenoxy) is 2. The van der Waals surface area contributed by atoms with E-state index in [0.29, 0.717) is 45.2 Å². The van der Waals surface area contributed by atoms with Crippen molar-refractivity contribution < 1.29 is 40.2 Å². The molecule has 2 aliphatic rings. The van der Waals surface area contributed by atoms with E-state index in [9.17, 15) is 26.3 Å². The van der Waals surface area contributed by atoms with Crippen LogP contribution < -0.4 is 25.8 Å². The number of pyridine rings is 1. The molecule has 2 aromatic heterocycles. The molecule has 0 unspecified atom stereocenters. The zero-order valence-corrected chi connectivity index (χ0v) is 23.3. The zero-order chi connectivity index (χ0) is 31.1. The number of alkyl halides is 5. The average Bonchev–Trinajstić information content (AvgIpc) is 2.93. The number of likely N-dealkylation sites (tertiary alicyclic amines) is 1. The van der Waals surface area contributed by atoms with Gasteiger partial charge in [0.15, 0.2) is 5.82 Å². The Hall–Kier alpha value is -3.66. The monoisotopic (exact) mass is 617 g/mol. The van der Waals surface area contributed by atoms with Crippen molar-refractivity contribution in [3.63, 3.8) is 0 Å². The largest absolute Gasteiger partial charge is 0.474 e. The molecule has 9 nitrogen and oxygen atoms in total. The Morgan fingerprint density at radius 1 is 1.12 bits per heavy atom. The number of rotatable bonds is 6. The van der Waals surface area contributed by atoms with Gasteiger partial charge in [0, 0.05) is 37.7 Å². The van der Waals surface area contributed by atoms with E-state index in [2.05, 4.69) is 25.6 Å². The van der Waals surface area contributed by atoms with Crippen LogP contribution in [0.25, 0.3) is 22.2 Å². The Balaban J connectivity index is 1.65. The summed E-state index contributed by atoms with van der Waals surface area (Å²) in [5.74, 6) is -2.79. The van der Waals surface area contributed by atoms with Crippen molar-refractivity contribution >= 4 is 22.4 Å². The van der Waals surface area contributed by atoms with Crippen LogP contribution in [-0.2, 0) is 6.18 Å². The average molecular weight is 618 g/mol. The fraction of sp³-hybridized carbons (Fsp3) is 0.519. The SMILES string of the molecule is Cc1c(F)c(N)cc(-c2nc3c4c(nc(OCC5CN(CC(F)F)C5)nc4c2F)NCCNCC[C@H](C)O3)c1C(F)(F)F. The molecule has 0 aliphatic carbocycles. The Labute approximate surface area is 242 Å². The van der Waals surface area contributed by atoms with E-state index in [1.807, 2.05) is 0 Å². The molecular formula is C27H30F7N7O2. The molecule has 4 heterocycles. The summed E-state index contributed by atoms with van der Waals surface area (Å²) in [6, 6.07) is 0.402. The van der Waals surface area contributed by atoms with Crippen LogP contribution in [0.15, 0.2) is 6.07 Å². The maximum atomic E-state index is 16.3. The Kier molecular flexibility index (Phi) is 8.70. The normalized spacial score (nSPS) is 18.6. The highest BCUT2D eigenvalue weighted by Crippen LogP contribution is 2.44. The summed E-state index contributed by atoms with van der Waals surface area (Å²) in [5.41, 5.74) is 0.800. The number of nitrogens with one attached hydrogen (secondary N) is 2. The van der Waals surface area contributed by atoms with Gasteiger partial charge in [0.2, 0.25) is 5.88 Å². The first-order valence-electron chi connectivity index (χ1n) is 13.6. The standard InChI is InChI=1S/C27H30F7N7O2/c1-12-3-4-36-5-6-37-24-18-23(39-26(40-24)42-11-14-8-41(9-14)10-17(28)29)21(31)22(38-25(18)43-12)15-7-16(35)20(30)13(2)19(15)27(32,33)34/h7,12,14,17,36H,3-6,8-11,35H2,1-2H3,(H,37,39,40)/t12-/m0/s1. The first-order valence-corrected chi connectivity index (χ1v) is 13.6. The number of nitrogens with two attached hydrogens (primary N) is 1. The molecule has 4 N–H and O–H groups in total. The van der Waals surface area contributed by atoms with Crippen molar-refractivity contribution in [1.82, 2.24) is 25.2 Å². The number of hydrogen-bond donors (Lipinski definition) is 3. The number of halogens is 7. The van der Waals surface area contributed by atoms with Crippen molar-refractivity contribution in [3.8, 4) is 23.1 Å². The number of anilines is 2. The predicted octanol–water partition coefficient (Wildman–Crippen LogP) is 4.63. The van der Waals surface area contributed by atoms with Gasteiger partial charge in [-0.3, -0.25) is 4.90 Å². The second kappa shape index (κ2) is 12.1. The van der Waals surface area contributed by atoms with E-state index >= 15 is 4.39 Å². The molecule has 2 aliphatic heterocycles. The van der Waals surface area contributed by atoms with Crippen molar-refractivity contribution in [1.29, 1.82) is 0 Å². The quantitative estimate of drug-likeness (QED) is 0.270. The third-order valence-electron chi connectivity index (χ3n) is 7.31. The third-order valence-corrected chi connectivity index (χ3v) is 7.31. The summed E-state index contributed by atoms with van der Waals surface area (Å²) in [7, 11) is 0. The van der Waals surface area contributed by atoms with Crippen LogP contribution in [0.3, 0.4) is 0 Å². The van der Waals surface area contributed by atoms with Crippen LogP contribution in [0.4, 0.5) is 42.2 Å². The molecule has 1 atom stereocenters. The van der Waals surface area contributed by atoms with E-state index in [-0.39, 0.29) is 42.2 Å². The number of nitrogens with zero attached hydrogens (tertiary/aromatic N) is 4. The maximum Gasteiger partial charge on any atom is 0.417 e. The predicted molar refractivity (Wildman–Crippen MR) is 144 cm³/mol. The molecule has 3 aromatic rings. The summed E-state index contributed by atoms with van der Waals surface area (Å²) in [6.45, 7) is 4.40. The van der Waals surface area contributed by atoms with Crippen LogP contribution in [0.1, 0.15) is 24.5 Å². The lowest BCUT2D eigenvalue weighted by atomic mass is 9.96. The van der Waals surface area contributed by atoms with Gasteiger partial charge in [-0.25, -0.2) is 22.5 Å². The van der Waals surface area contributed by atoms with E-state index in [1.54, 1.807) is 11.8 Å². The smallest absolute Gasteiger partial charge is 0.417 e. The summed E-state index contributed by atoms with van der Waals surface area (Å²) < 4.78 is 110. The lowest BCUT2D eigenvalue weighted by molar-refractivity contribution is -0.137. The fourth-order valence-corrected chi connectivity index (χ4v) is 5.22. The minimum Gasteiger partial charge on any atom is -0.474 e. The summed E-state index contributed by atoms with van der Waals surface area (Å²) in [6.07, 6.45) is -7.55. The molecule has 16 heteroatoms. The molecule has 0 amide bonds. The van der Waals surface area contributed by atoms with Gasteiger partial charge < -0.3 is 25.8 Å². The lowest BCUT2D eigenvalue weighted by Gasteiger charge is -2.38. The number of benzene rings is 1. The molecular weight excluding hydrogens is 587 g/mol. The van der Waals surface area contributed by atoms with Gasteiger partial charge in [-0.2, -0.15) is 23.1 Å². The van der Waals surface area contributed by atoms with Crippen LogP contribution in [0.2, 0.25) is 0 Å². The van der Waals surface area contributed by atoms with Gasteiger partial charge in [0.1, 0.15) is 28.2 Å². The number of nitrogen functional groups attached to an aromatic ring is 1.